The second-order valence-corrected chi connectivity index (χ2v) is 8.51. The summed E-state index contributed by atoms with van der Waals surface area (Å²) in [7, 11) is 3.58. The van der Waals surface area contributed by atoms with E-state index in [0.717, 1.165) is 73.0 Å². The first kappa shape index (κ1) is 26.3. The highest BCUT2D eigenvalue weighted by atomic mass is 35.5. The lowest BCUT2D eigenvalue weighted by molar-refractivity contribution is -0.114. The predicted molar refractivity (Wildman–Crippen MR) is 140 cm³/mol. The molecule has 1 aliphatic heterocycles. The molecule has 33 heavy (non-hydrogen) atoms. The molecule has 2 N–H and O–H groups in total. The number of benzene rings is 2. The van der Waals surface area contributed by atoms with E-state index in [1.165, 1.54) is 6.92 Å². The van der Waals surface area contributed by atoms with E-state index in [-0.39, 0.29) is 24.2 Å². The minimum absolute atomic E-state index is 0. The van der Waals surface area contributed by atoms with Crippen LogP contribution in [0.15, 0.2) is 36.4 Å². The molecule has 1 heterocycles. The second-order valence-electron chi connectivity index (χ2n) is 8.51. The van der Waals surface area contributed by atoms with Gasteiger partial charge in [0, 0.05) is 53.7 Å². The highest BCUT2D eigenvalue weighted by molar-refractivity contribution is 6.03. The molecule has 0 unspecified atom stereocenters. The summed E-state index contributed by atoms with van der Waals surface area (Å²) in [6, 6.07) is 12.1. The number of nitrogens with one attached hydrogen (secondary N) is 2. The molecule has 7 nitrogen and oxygen atoms in total. The smallest absolute Gasteiger partial charge is 0.255 e. The van der Waals surface area contributed by atoms with Gasteiger partial charge in [0.25, 0.3) is 5.91 Å². The Bertz CT molecular complexity index is 971. The van der Waals surface area contributed by atoms with Gasteiger partial charge in [0.1, 0.15) is 0 Å². The van der Waals surface area contributed by atoms with Crippen molar-refractivity contribution in [2.24, 2.45) is 0 Å². The van der Waals surface area contributed by atoms with Crippen LogP contribution in [-0.4, -0.2) is 63.5 Å². The maximum atomic E-state index is 12.9. The molecule has 0 aliphatic carbocycles. The van der Waals surface area contributed by atoms with Crippen molar-refractivity contribution in [2.75, 3.05) is 67.3 Å². The molecular weight excluding hydrogens is 438 g/mol. The Kier molecular flexibility index (Phi) is 9.41. The van der Waals surface area contributed by atoms with E-state index >= 15 is 0 Å². The number of hydrogen-bond acceptors (Lipinski definition) is 5. The van der Waals surface area contributed by atoms with Gasteiger partial charge >= 0.3 is 0 Å². The Labute approximate surface area is 203 Å². The monoisotopic (exact) mass is 473 g/mol. The van der Waals surface area contributed by atoms with Crippen molar-refractivity contribution in [1.82, 2.24) is 4.90 Å². The van der Waals surface area contributed by atoms with Crippen molar-refractivity contribution in [3.05, 3.63) is 47.5 Å². The Morgan fingerprint density at radius 3 is 2.18 bits per heavy atom. The van der Waals surface area contributed by atoms with Crippen molar-refractivity contribution in [3.8, 4) is 0 Å². The molecule has 0 spiro atoms. The number of aryl methyl sites for hydroxylation is 1. The molecule has 0 bridgehead atoms. The van der Waals surface area contributed by atoms with E-state index in [1.807, 2.05) is 31.2 Å². The van der Waals surface area contributed by atoms with Gasteiger partial charge in [-0.1, -0.05) is 19.1 Å². The summed E-state index contributed by atoms with van der Waals surface area (Å²) in [6.45, 7) is 9.82. The molecule has 180 valence electrons. The average molecular weight is 474 g/mol. The minimum atomic E-state index is -0.0689. The van der Waals surface area contributed by atoms with Crippen LogP contribution in [0.25, 0.3) is 0 Å². The summed E-state index contributed by atoms with van der Waals surface area (Å²) in [4.78, 5) is 30.8. The van der Waals surface area contributed by atoms with E-state index in [2.05, 4.69) is 39.5 Å². The fraction of sp³-hybridized carbons (Fsp3) is 0.440. The third-order valence-corrected chi connectivity index (χ3v) is 5.63. The van der Waals surface area contributed by atoms with Crippen molar-refractivity contribution in [2.45, 2.75) is 27.2 Å². The highest BCUT2D eigenvalue weighted by Crippen LogP contribution is 2.34. The largest absolute Gasteiger partial charge is 0.383 e. The summed E-state index contributed by atoms with van der Waals surface area (Å²) in [5, 5.41) is 6.45. The summed E-state index contributed by atoms with van der Waals surface area (Å²) in [5.74, 6) is -0.0583. The normalized spacial score (nSPS) is 13.2. The number of amides is 2. The van der Waals surface area contributed by atoms with Crippen LogP contribution >= 0.6 is 12.4 Å². The first-order valence-corrected chi connectivity index (χ1v) is 11.3. The summed E-state index contributed by atoms with van der Waals surface area (Å²) in [5.41, 5.74) is 5.68. The zero-order valence-electron chi connectivity index (χ0n) is 20.3. The third-order valence-electron chi connectivity index (χ3n) is 5.63. The third kappa shape index (κ3) is 6.32. The molecule has 1 fully saturated rings. The van der Waals surface area contributed by atoms with Gasteiger partial charge in [-0.25, -0.2) is 0 Å². The first-order chi connectivity index (χ1) is 15.3. The molecule has 2 aromatic rings. The topological polar surface area (TPSA) is 67.9 Å². The Morgan fingerprint density at radius 2 is 1.61 bits per heavy atom. The second kappa shape index (κ2) is 11.8. The van der Waals surface area contributed by atoms with Crippen LogP contribution in [0.3, 0.4) is 0 Å². The van der Waals surface area contributed by atoms with Crippen LogP contribution in [0.1, 0.15) is 36.2 Å². The molecule has 0 radical (unpaired) electrons. The van der Waals surface area contributed by atoms with Crippen molar-refractivity contribution in [1.29, 1.82) is 0 Å². The number of carbonyl (C=O) groups excluding carboxylic acids is 2. The molecular formula is C25H36ClN5O2. The molecule has 1 saturated heterocycles. The van der Waals surface area contributed by atoms with Crippen molar-refractivity contribution >= 4 is 47.0 Å². The zero-order valence-corrected chi connectivity index (χ0v) is 21.1. The first-order valence-electron chi connectivity index (χ1n) is 11.3. The standard InChI is InChI=1S/C25H35N5O2.ClH/c1-6-11-26-24-20(25(32)28(4)5)16-18(2)17-23(24)30-14-12-29(13-15-30)22-10-8-7-9-21(22)27-19(3)31;/h7-10,16-17,26H,6,11-15H2,1-5H3,(H,27,31);1H. The van der Waals surface area contributed by atoms with Gasteiger partial charge in [0.05, 0.1) is 28.3 Å². The number of para-hydroxylation sites is 2. The Hall–Kier alpha value is -2.93. The molecule has 2 amide bonds. The van der Waals surface area contributed by atoms with Gasteiger partial charge in [-0.15, -0.1) is 12.4 Å². The van der Waals surface area contributed by atoms with Gasteiger partial charge in [-0.05, 0) is 43.2 Å². The number of rotatable bonds is 7. The van der Waals surface area contributed by atoms with E-state index in [4.69, 9.17) is 0 Å². The van der Waals surface area contributed by atoms with E-state index in [9.17, 15) is 9.59 Å². The zero-order chi connectivity index (χ0) is 23.3. The Morgan fingerprint density at radius 1 is 1.00 bits per heavy atom. The van der Waals surface area contributed by atoms with E-state index in [1.54, 1.807) is 19.0 Å². The van der Waals surface area contributed by atoms with Gasteiger partial charge < -0.3 is 25.3 Å². The molecule has 3 rings (SSSR count). The van der Waals surface area contributed by atoms with Crippen LogP contribution in [0.5, 0.6) is 0 Å². The van der Waals surface area contributed by atoms with Crippen molar-refractivity contribution in [3.63, 3.8) is 0 Å². The molecule has 8 heteroatoms. The predicted octanol–water partition coefficient (Wildman–Crippen LogP) is 4.23. The number of hydrogen-bond donors (Lipinski definition) is 2. The van der Waals surface area contributed by atoms with E-state index in [0.29, 0.717) is 0 Å². The maximum absolute atomic E-state index is 12.9. The quantitative estimate of drug-likeness (QED) is 0.630. The SMILES string of the molecule is CCCNc1c(C(=O)N(C)C)cc(C)cc1N1CCN(c2ccccc2NC(C)=O)CC1.Cl. The maximum Gasteiger partial charge on any atom is 0.255 e. The van der Waals surface area contributed by atoms with Gasteiger partial charge in [-0.3, -0.25) is 9.59 Å². The fourth-order valence-electron chi connectivity index (χ4n) is 4.10. The fourth-order valence-corrected chi connectivity index (χ4v) is 4.10. The summed E-state index contributed by atoms with van der Waals surface area (Å²) >= 11 is 0. The lowest BCUT2D eigenvalue weighted by Gasteiger charge is -2.39. The van der Waals surface area contributed by atoms with Crippen LogP contribution in [-0.2, 0) is 4.79 Å². The number of piperazine rings is 1. The highest BCUT2D eigenvalue weighted by Gasteiger charge is 2.25. The number of halogens is 1. The molecule has 2 aromatic carbocycles. The van der Waals surface area contributed by atoms with Gasteiger partial charge in [0.2, 0.25) is 5.91 Å². The molecule has 0 saturated carbocycles. The van der Waals surface area contributed by atoms with Crippen LogP contribution in [0, 0.1) is 6.92 Å². The molecule has 0 atom stereocenters. The van der Waals surface area contributed by atoms with E-state index < -0.39 is 0 Å². The average Bonchev–Trinajstić information content (AvgIpc) is 2.77. The van der Waals surface area contributed by atoms with Crippen LogP contribution in [0.4, 0.5) is 22.7 Å². The summed E-state index contributed by atoms with van der Waals surface area (Å²) < 4.78 is 0. The van der Waals surface area contributed by atoms with Crippen molar-refractivity contribution < 1.29 is 9.59 Å². The molecule has 0 aromatic heterocycles. The van der Waals surface area contributed by atoms with Crippen LogP contribution < -0.4 is 20.4 Å². The number of anilines is 4. The molecule has 1 aliphatic rings. The summed E-state index contributed by atoms with van der Waals surface area (Å²) in [6.07, 6.45) is 0.983. The van der Waals surface area contributed by atoms with Crippen LogP contribution in [0.2, 0.25) is 0 Å². The van der Waals surface area contributed by atoms with Gasteiger partial charge in [-0.2, -0.15) is 0 Å². The number of carbonyl (C=O) groups is 2. The number of nitrogens with zero attached hydrogens (tertiary/aromatic N) is 3. The Balaban J connectivity index is 0.00000385. The lowest BCUT2D eigenvalue weighted by Crippen LogP contribution is -2.47. The minimum Gasteiger partial charge on any atom is -0.383 e. The lowest BCUT2D eigenvalue weighted by atomic mass is 10.0. The van der Waals surface area contributed by atoms with Gasteiger partial charge in [0.15, 0.2) is 0 Å².